The van der Waals surface area contributed by atoms with E-state index in [9.17, 15) is 0 Å². The van der Waals surface area contributed by atoms with Gasteiger partial charge in [0.15, 0.2) is 0 Å². The van der Waals surface area contributed by atoms with Gasteiger partial charge in [-0.25, -0.2) is 4.98 Å². The molecule has 2 rings (SSSR count). The maximum atomic E-state index is 6.13. The number of pyridine rings is 1. The summed E-state index contributed by atoms with van der Waals surface area (Å²) in [6.07, 6.45) is 2.61. The Hall–Kier alpha value is -1.58. The van der Waals surface area contributed by atoms with Crippen LogP contribution in [0.15, 0.2) is 30.5 Å². The van der Waals surface area contributed by atoms with Gasteiger partial charge >= 0.3 is 0 Å². The normalized spacial score (nSPS) is 12.2. The number of benzene rings is 1. The van der Waals surface area contributed by atoms with Gasteiger partial charge in [-0.05, 0) is 56.5 Å². The zero-order valence-electron chi connectivity index (χ0n) is 12.0. The van der Waals surface area contributed by atoms with E-state index in [4.69, 9.17) is 22.1 Å². The van der Waals surface area contributed by atoms with E-state index in [1.165, 1.54) is 0 Å². The van der Waals surface area contributed by atoms with Crippen molar-refractivity contribution in [1.82, 2.24) is 4.98 Å². The van der Waals surface area contributed by atoms with Crippen LogP contribution in [-0.4, -0.2) is 11.0 Å². The van der Waals surface area contributed by atoms with Crippen LogP contribution < -0.4 is 10.5 Å². The standard InChI is InChI=1S/C16H19ClN2O/c1-10-4-5-14(17)15(6-10)20-16-11(2)7-13(9-19-16)8-12(3)18/h4-7,9,12H,8,18H2,1-3H3. The van der Waals surface area contributed by atoms with Crippen LogP contribution in [0.1, 0.15) is 23.6 Å². The lowest BCUT2D eigenvalue weighted by Crippen LogP contribution is -2.17. The van der Waals surface area contributed by atoms with Crippen LogP contribution >= 0.6 is 11.6 Å². The summed E-state index contributed by atoms with van der Waals surface area (Å²) < 4.78 is 5.81. The summed E-state index contributed by atoms with van der Waals surface area (Å²) >= 11 is 6.13. The summed E-state index contributed by atoms with van der Waals surface area (Å²) in [5.74, 6) is 1.20. The number of nitrogens with zero attached hydrogens (tertiary/aromatic N) is 1. The molecule has 0 radical (unpaired) electrons. The Labute approximate surface area is 124 Å². The monoisotopic (exact) mass is 290 g/mol. The van der Waals surface area contributed by atoms with Crippen LogP contribution in [0.2, 0.25) is 5.02 Å². The molecular formula is C16H19ClN2O. The zero-order valence-corrected chi connectivity index (χ0v) is 12.7. The second-order valence-corrected chi connectivity index (χ2v) is 5.59. The maximum Gasteiger partial charge on any atom is 0.222 e. The molecule has 0 amide bonds. The lowest BCUT2D eigenvalue weighted by atomic mass is 10.1. The Morgan fingerprint density at radius 1 is 1.30 bits per heavy atom. The first-order valence-electron chi connectivity index (χ1n) is 6.61. The van der Waals surface area contributed by atoms with E-state index < -0.39 is 0 Å². The highest BCUT2D eigenvalue weighted by Gasteiger charge is 2.08. The van der Waals surface area contributed by atoms with Crippen molar-refractivity contribution in [2.45, 2.75) is 33.2 Å². The summed E-state index contributed by atoms with van der Waals surface area (Å²) in [6, 6.07) is 7.84. The van der Waals surface area contributed by atoms with Crippen molar-refractivity contribution in [1.29, 1.82) is 0 Å². The second-order valence-electron chi connectivity index (χ2n) is 5.18. The smallest absolute Gasteiger partial charge is 0.222 e. The average Bonchev–Trinajstić information content (AvgIpc) is 2.36. The quantitative estimate of drug-likeness (QED) is 0.924. The fourth-order valence-corrected chi connectivity index (χ4v) is 2.16. The lowest BCUT2D eigenvalue weighted by Gasteiger charge is -2.11. The Balaban J connectivity index is 2.23. The van der Waals surface area contributed by atoms with Crippen LogP contribution in [0.4, 0.5) is 0 Å². The molecule has 3 nitrogen and oxygen atoms in total. The molecule has 1 unspecified atom stereocenters. The molecule has 2 N–H and O–H groups in total. The second kappa shape index (κ2) is 6.25. The first-order valence-corrected chi connectivity index (χ1v) is 6.98. The molecule has 106 valence electrons. The molecule has 1 aromatic heterocycles. The molecule has 20 heavy (non-hydrogen) atoms. The van der Waals surface area contributed by atoms with Crippen molar-refractivity contribution in [3.8, 4) is 11.6 Å². The average molecular weight is 291 g/mol. The Morgan fingerprint density at radius 2 is 2.05 bits per heavy atom. The summed E-state index contributed by atoms with van der Waals surface area (Å²) in [7, 11) is 0. The van der Waals surface area contributed by atoms with Crippen molar-refractivity contribution >= 4 is 11.6 Å². The van der Waals surface area contributed by atoms with Gasteiger partial charge in [-0.2, -0.15) is 0 Å². The van der Waals surface area contributed by atoms with E-state index in [-0.39, 0.29) is 6.04 Å². The molecule has 0 aliphatic rings. The molecule has 4 heteroatoms. The van der Waals surface area contributed by atoms with Crippen molar-refractivity contribution < 1.29 is 4.74 Å². The van der Waals surface area contributed by atoms with E-state index in [0.29, 0.717) is 16.7 Å². The summed E-state index contributed by atoms with van der Waals surface area (Å²) in [6.45, 7) is 5.94. The van der Waals surface area contributed by atoms with Gasteiger partial charge < -0.3 is 10.5 Å². The zero-order chi connectivity index (χ0) is 14.7. The minimum Gasteiger partial charge on any atom is -0.437 e. The molecule has 0 saturated heterocycles. The van der Waals surface area contributed by atoms with Crippen LogP contribution in [0.5, 0.6) is 11.6 Å². The third-order valence-corrected chi connectivity index (χ3v) is 3.25. The highest BCUT2D eigenvalue weighted by Crippen LogP contribution is 2.30. The molecule has 0 aliphatic heterocycles. The largest absolute Gasteiger partial charge is 0.437 e. The van der Waals surface area contributed by atoms with Crippen LogP contribution in [0.3, 0.4) is 0 Å². The molecule has 0 fully saturated rings. The predicted molar refractivity (Wildman–Crippen MR) is 82.6 cm³/mol. The van der Waals surface area contributed by atoms with E-state index >= 15 is 0 Å². The summed E-state index contributed by atoms with van der Waals surface area (Å²) in [4.78, 5) is 4.36. The highest BCUT2D eigenvalue weighted by atomic mass is 35.5. The number of ether oxygens (including phenoxy) is 1. The molecule has 0 bridgehead atoms. The lowest BCUT2D eigenvalue weighted by molar-refractivity contribution is 0.458. The summed E-state index contributed by atoms with van der Waals surface area (Å²) in [5.41, 5.74) is 8.97. The van der Waals surface area contributed by atoms with E-state index in [1.54, 1.807) is 6.20 Å². The Morgan fingerprint density at radius 3 is 2.70 bits per heavy atom. The van der Waals surface area contributed by atoms with E-state index in [0.717, 1.165) is 23.1 Å². The molecule has 1 aromatic carbocycles. The van der Waals surface area contributed by atoms with Crippen molar-refractivity contribution in [3.05, 3.63) is 52.2 Å². The molecular weight excluding hydrogens is 272 g/mol. The Kier molecular flexibility index (Phi) is 4.63. The number of hydrogen-bond donors (Lipinski definition) is 1. The molecule has 0 aliphatic carbocycles. The molecule has 0 spiro atoms. The van der Waals surface area contributed by atoms with Gasteiger partial charge in [0.2, 0.25) is 5.88 Å². The van der Waals surface area contributed by atoms with Gasteiger partial charge in [0.1, 0.15) is 5.75 Å². The number of halogens is 1. The Bertz CT molecular complexity index is 611. The molecule has 0 saturated carbocycles. The minimum atomic E-state index is 0.120. The number of rotatable bonds is 4. The SMILES string of the molecule is Cc1ccc(Cl)c(Oc2ncc(CC(C)N)cc2C)c1. The molecule has 1 atom stereocenters. The third-order valence-electron chi connectivity index (χ3n) is 2.94. The van der Waals surface area contributed by atoms with Crippen LogP contribution in [0.25, 0.3) is 0 Å². The van der Waals surface area contributed by atoms with Crippen molar-refractivity contribution in [3.63, 3.8) is 0 Å². The number of nitrogens with two attached hydrogens (primary N) is 1. The van der Waals surface area contributed by atoms with Gasteiger partial charge in [-0.15, -0.1) is 0 Å². The van der Waals surface area contributed by atoms with Crippen molar-refractivity contribution in [2.24, 2.45) is 5.73 Å². The molecule has 2 aromatic rings. The third kappa shape index (κ3) is 3.71. The fourth-order valence-electron chi connectivity index (χ4n) is 2.00. The summed E-state index contributed by atoms with van der Waals surface area (Å²) in [5, 5.41) is 0.580. The van der Waals surface area contributed by atoms with Gasteiger partial charge in [0.05, 0.1) is 5.02 Å². The number of hydrogen-bond acceptors (Lipinski definition) is 3. The first kappa shape index (κ1) is 14.8. The van der Waals surface area contributed by atoms with Gasteiger partial charge in [-0.1, -0.05) is 17.7 Å². The van der Waals surface area contributed by atoms with Gasteiger partial charge in [0.25, 0.3) is 0 Å². The number of aromatic nitrogens is 1. The van der Waals surface area contributed by atoms with Gasteiger partial charge in [-0.3, -0.25) is 0 Å². The highest BCUT2D eigenvalue weighted by molar-refractivity contribution is 6.32. The number of aryl methyl sites for hydroxylation is 2. The van der Waals surface area contributed by atoms with E-state index in [1.807, 2.05) is 39.0 Å². The van der Waals surface area contributed by atoms with Crippen molar-refractivity contribution in [2.75, 3.05) is 0 Å². The van der Waals surface area contributed by atoms with Crippen LogP contribution in [0, 0.1) is 13.8 Å². The predicted octanol–water partition coefficient (Wildman–Crippen LogP) is 4.03. The van der Waals surface area contributed by atoms with Gasteiger partial charge in [0, 0.05) is 17.8 Å². The van der Waals surface area contributed by atoms with E-state index in [2.05, 4.69) is 11.1 Å². The minimum absolute atomic E-state index is 0.120. The fraction of sp³-hybridized carbons (Fsp3) is 0.312. The first-order chi connectivity index (χ1) is 9.45. The molecule has 1 heterocycles. The topological polar surface area (TPSA) is 48.1 Å². The van der Waals surface area contributed by atoms with Crippen LogP contribution in [-0.2, 0) is 6.42 Å². The maximum absolute atomic E-state index is 6.13.